The van der Waals surface area contributed by atoms with Crippen LogP contribution in [-0.4, -0.2) is 19.6 Å². The van der Waals surface area contributed by atoms with Gasteiger partial charge >= 0.3 is 0 Å². The molecule has 0 bridgehead atoms. The van der Waals surface area contributed by atoms with Crippen LogP contribution in [0.25, 0.3) is 17.0 Å². The van der Waals surface area contributed by atoms with Crippen LogP contribution >= 0.6 is 0 Å². The Labute approximate surface area is 89.7 Å². The van der Waals surface area contributed by atoms with E-state index in [2.05, 4.69) is 15.1 Å². The van der Waals surface area contributed by atoms with E-state index in [1.54, 1.807) is 18.4 Å². The smallest absolute Gasteiger partial charge is 0.225 e. The maximum absolute atomic E-state index is 5.81. The molecular formula is C9H8N6O. The van der Waals surface area contributed by atoms with Crippen molar-refractivity contribution in [3.05, 3.63) is 24.7 Å². The number of anilines is 2. The zero-order valence-corrected chi connectivity index (χ0v) is 8.16. The number of nitrogen functional groups attached to an aromatic ring is 2. The fourth-order valence-electron chi connectivity index (χ4n) is 1.58. The Balaban J connectivity index is 2.43. The third-order valence-corrected chi connectivity index (χ3v) is 2.25. The average Bonchev–Trinajstić information content (AvgIpc) is 2.86. The van der Waals surface area contributed by atoms with Crippen LogP contribution in [0.1, 0.15) is 0 Å². The predicted molar refractivity (Wildman–Crippen MR) is 57.3 cm³/mol. The molecule has 0 aliphatic heterocycles. The molecule has 0 atom stereocenters. The van der Waals surface area contributed by atoms with Crippen LogP contribution in [-0.2, 0) is 0 Å². The Hall–Kier alpha value is -2.57. The number of furan rings is 1. The minimum Gasteiger partial charge on any atom is -0.464 e. The summed E-state index contributed by atoms with van der Waals surface area (Å²) < 4.78 is 6.69. The van der Waals surface area contributed by atoms with Gasteiger partial charge in [0.1, 0.15) is 23.5 Å². The fraction of sp³-hybridized carbons (Fsp3) is 0. The molecule has 80 valence electrons. The van der Waals surface area contributed by atoms with Crippen LogP contribution in [0.15, 0.2) is 29.1 Å². The molecule has 0 radical (unpaired) electrons. The summed E-state index contributed by atoms with van der Waals surface area (Å²) in [5, 5.41) is 3.95. The van der Waals surface area contributed by atoms with Gasteiger partial charge in [-0.25, -0.2) is 4.98 Å². The van der Waals surface area contributed by atoms with Gasteiger partial charge in [-0.1, -0.05) is 0 Å². The van der Waals surface area contributed by atoms with Crippen molar-refractivity contribution in [3.8, 4) is 11.3 Å². The maximum Gasteiger partial charge on any atom is 0.225 e. The van der Waals surface area contributed by atoms with Gasteiger partial charge in [0.2, 0.25) is 5.95 Å². The van der Waals surface area contributed by atoms with Crippen molar-refractivity contribution in [1.82, 2.24) is 19.6 Å². The Morgan fingerprint density at radius 1 is 1.31 bits per heavy atom. The van der Waals surface area contributed by atoms with Gasteiger partial charge in [-0.3, -0.25) is 0 Å². The summed E-state index contributed by atoms with van der Waals surface area (Å²) in [5.74, 6) is 1.05. The third kappa shape index (κ3) is 1.05. The van der Waals surface area contributed by atoms with Crippen molar-refractivity contribution in [1.29, 1.82) is 0 Å². The average molecular weight is 216 g/mol. The zero-order valence-electron chi connectivity index (χ0n) is 8.16. The van der Waals surface area contributed by atoms with E-state index in [1.807, 2.05) is 0 Å². The Morgan fingerprint density at radius 2 is 2.19 bits per heavy atom. The molecule has 16 heavy (non-hydrogen) atoms. The van der Waals surface area contributed by atoms with Gasteiger partial charge in [0.15, 0.2) is 5.65 Å². The highest BCUT2D eigenvalue weighted by Crippen LogP contribution is 2.29. The largest absolute Gasteiger partial charge is 0.464 e. The van der Waals surface area contributed by atoms with Crippen LogP contribution < -0.4 is 11.5 Å². The lowest BCUT2D eigenvalue weighted by Gasteiger charge is -2.05. The fourth-order valence-corrected chi connectivity index (χ4v) is 1.58. The topological polar surface area (TPSA) is 108 Å². The summed E-state index contributed by atoms with van der Waals surface area (Å²) >= 11 is 0. The molecule has 3 aromatic rings. The molecule has 4 N–H and O–H groups in total. The van der Waals surface area contributed by atoms with Gasteiger partial charge in [0.05, 0.1) is 6.26 Å². The van der Waals surface area contributed by atoms with Crippen molar-refractivity contribution in [2.75, 3.05) is 11.5 Å². The summed E-state index contributed by atoms with van der Waals surface area (Å²) in [6, 6.07) is 3.54. The molecular weight excluding hydrogens is 208 g/mol. The molecule has 3 rings (SSSR count). The standard InChI is InChI=1S/C9H8N6O/c10-7-6(5-2-1-3-16-5)8-12-4-13-15(8)9(11)14-7/h1-4H,10H2,(H2,11,14). The Bertz CT molecular complexity index is 641. The quantitative estimate of drug-likeness (QED) is 0.614. The first kappa shape index (κ1) is 8.72. The van der Waals surface area contributed by atoms with E-state index < -0.39 is 0 Å². The molecule has 0 aliphatic carbocycles. The van der Waals surface area contributed by atoms with E-state index in [1.165, 1.54) is 10.8 Å². The maximum atomic E-state index is 5.81. The SMILES string of the molecule is Nc1nc(N)n2ncnc2c1-c1ccco1. The molecule has 0 unspecified atom stereocenters. The highest BCUT2D eigenvalue weighted by molar-refractivity contribution is 5.83. The second-order valence-electron chi connectivity index (χ2n) is 3.20. The number of aromatic nitrogens is 4. The molecule has 0 saturated carbocycles. The van der Waals surface area contributed by atoms with Crippen molar-refractivity contribution in [3.63, 3.8) is 0 Å². The molecule has 0 fully saturated rings. The van der Waals surface area contributed by atoms with Crippen molar-refractivity contribution >= 4 is 17.4 Å². The second kappa shape index (κ2) is 2.96. The summed E-state index contributed by atoms with van der Waals surface area (Å²) in [4.78, 5) is 8.07. The number of hydrogen-bond acceptors (Lipinski definition) is 6. The molecule has 3 heterocycles. The van der Waals surface area contributed by atoms with E-state index in [9.17, 15) is 0 Å². The lowest BCUT2D eigenvalue weighted by atomic mass is 10.2. The number of nitrogens with zero attached hydrogens (tertiary/aromatic N) is 4. The summed E-state index contributed by atoms with van der Waals surface area (Å²) in [7, 11) is 0. The Kier molecular flexibility index (Phi) is 1.61. The predicted octanol–water partition coefficient (Wildman–Crippen LogP) is 0.549. The third-order valence-electron chi connectivity index (χ3n) is 2.25. The van der Waals surface area contributed by atoms with Gasteiger partial charge in [0.25, 0.3) is 0 Å². The first-order chi connectivity index (χ1) is 7.77. The van der Waals surface area contributed by atoms with Gasteiger partial charge < -0.3 is 15.9 Å². The Morgan fingerprint density at radius 3 is 2.94 bits per heavy atom. The number of fused-ring (bicyclic) bond motifs is 1. The number of hydrogen-bond donors (Lipinski definition) is 2. The highest BCUT2D eigenvalue weighted by atomic mass is 16.3. The molecule has 0 spiro atoms. The number of rotatable bonds is 1. The van der Waals surface area contributed by atoms with E-state index in [0.717, 1.165) is 0 Å². The van der Waals surface area contributed by atoms with Crippen LogP contribution in [0.3, 0.4) is 0 Å². The van der Waals surface area contributed by atoms with Crippen molar-refractivity contribution in [2.24, 2.45) is 0 Å². The zero-order chi connectivity index (χ0) is 11.1. The molecule has 0 aromatic carbocycles. The first-order valence-corrected chi connectivity index (χ1v) is 4.56. The molecule has 3 aromatic heterocycles. The normalized spacial score (nSPS) is 11.0. The van der Waals surface area contributed by atoms with E-state index in [4.69, 9.17) is 15.9 Å². The van der Waals surface area contributed by atoms with Crippen LogP contribution in [0, 0.1) is 0 Å². The number of nitrogens with two attached hydrogens (primary N) is 2. The lowest BCUT2D eigenvalue weighted by molar-refractivity contribution is 0.582. The minimum atomic E-state index is 0.195. The van der Waals surface area contributed by atoms with Gasteiger partial charge in [-0.15, -0.1) is 0 Å². The van der Waals surface area contributed by atoms with Gasteiger partial charge in [-0.05, 0) is 12.1 Å². The molecule has 7 nitrogen and oxygen atoms in total. The van der Waals surface area contributed by atoms with Crippen molar-refractivity contribution in [2.45, 2.75) is 0 Å². The van der Waals surface area contributed by atoms with E-state index in [-0.39, 0.29) is 11.8 Å². The van der Waals surface area contributed by atoms with E-state index >= 15 is 0 Å². The van der Waals surface area contributed by atoms with Gasteiger partial charge in [0, 0.05) is 0 Å². The first-order valence-electron chi connectivity index (χ1n) is 4.56. The molecule has 0 amide bonds. The van der Waals surface area contributed by atoms with Crippen molar-refractivity contribution < 1.29 is 4.42 Å². The summed E-state index contributed by atoms with van der Waals surface area (Å²) in [5.41, 5.74) is 12.6. The monoisotopic (exact) mass is 216 g/mol. The van der Waals surface area contributed by atoms with Gasteiger partial charge in [-0.2, -0.15) is 14.6 Å². The van der Waals surface area contributed by atoms with E-state index in [0.29, 0.717) is 17.0 Å². The van der Waals surface area contributed by atoms with Crippen LogP contribution in [0.5, 0.6) is 0 Å². The molecule has 7 heteroatoms. The molecule has 0 saturated heterocycles. The van der Waals surface area contributed by atoms with Crippen LogP contribution in [0.2, 0.25) is 0 Å². The molecule has 0 aliphatic rings. The summed E-state index contributed by atoms with van der Waals surface area (Å²) in [6.07, 6.45) is 2.94. The second-order valence-corrected chi connectivity index (χ2v) is 3.20. The lowest BCUT2D eigenvalue weighted by Crippen LogP contribution is -2.06. The van der Waals surface area contributed by atoms with Crippen LogP contribution in [0.4, 0.5) is 11.8 Å². The minimum absolute atomic E-state index is 0.195. The highest BCUT2D eigenvalue weighted by Gasteiger charge is 2.16. The summed E-state index contributed by atoms with van der Waals surface area (Å²) in [6.45, 7) is 0.